The zero-order valence-electron chi connectivity index (χ0n) is 7.21. The van der Waals surface area contributed by atoms with Gasteiger partial charge in [0, 0.05) is 12.2 Å². The Bertz CT molecular complexity index is 140. The minimum Gasteiger partial charge on any atom is -0.330 e. The molecule has 11 heavy (non-hydrogen) atoms. The average Bonchev–Trinajstić information content (AvgIpc) is 1.87. The molecule has 2 nitrogen and oxygen atoms in total. The predicted molar refractivity (Wildman–Crippen MR) is 50.4 cm³/mol. The summed E-state index contributed by atoms with van der Waals surface area (Å²) in [5, 5.41) is 0. The third-order valence-corrected chi connectivity index (χ3v) is 1.99. The predicted octanol–water partition coefficient (Wildman–Crippen LogP) is 1.29. The summed E-state index contributed by atoms with van der Waals surface area (Å²) in [4.78, 5) is 0. The van der Waals surface area contributed by atoms with Gasteiger partial charge in [0.15, 0.2) is 0 Å². The topological polar surface area (TPSA) is 20.2 Å². The van der Waals surface area contributed by atoms with Crippen molar-refractivity contribution < 1.29 is 9.04 Å². The van der Waals surface area contributed by atoms with Crippen LogP contribution >= 0.6 is 12.0 Å². The van der Waals surface area contributed by atoms with Crippen molar-refractivity contribution in [2.24, 2.45) is 0 Å². The highest BCUT2D eigenvalue weighted by molar-refractivity contribution is 7.93. The number of quaternary nitrogens is 1. The van der Waals surface area contributed by atoms with Gasteiger partial charge in [0.2, 0.25) is 0 Å². The number of hydrogen-bond donors (Lipinski definition) is 1. The van der Waals surface area contributed by atoms with Gasteiger partial charge in [-0.2, -0.15) is 0 Å². The minimum absolute atomic E-state index is 0.760. The molecule has 0 fully saturated rings. The first kappa shape index (κ1) is 10.8. The summed E-state index contributed by atoms with van der Waals surface area (Å²) in [7, 11) is 4.20. The second-order valence-electron chi connectivity index (χ2n) is 3.21. The van der Waals surface area contributed by atoms with E-state index in [-0.39, 0.29) is 0 Å². The highest BCUT2D eigenvalue weighted by Crippen LogP contribution is 2.01. The molecule has 0 aromatic heterocycles. The number of terminal acetylenes is 1. The van der Waals surface area contributed by atoms with Gasteiger partial charge in [-0.05, 0) is 18.0 Å². The Labute approximate surface area is 73.4 Å². The van der Waals surface area contributed by atoms with E-state index in [2.05, 4.69) is 20.0 Å². The van der Waals surface area contributed by atoms with Gasteiger partial charge in [-0.3, -0.25) is 0 Å². The fraction of sp³-hybridized carbons (Fsp3) is 0.750. The van der Waals surface area contributed by atoms with Crippen LogP contribution in [0.1, 0.15) is 6.42 Å². The van der Waals surface area contributed by atoms with Gasteiger partial charge in [-0.25, -0.2) is 0 Å². The summed E-state index contributed by atoms with van der Waals surface area (Å²) in [5.74, 6) is 3.44. The minimum atomic E-state index is 0.760. The van der Waals surface area contributed by atoms with Gasteiger partial charge in [-0.15, -0.1) is 6.42 Å². The number of nitrogens with zero attached hydrogens (tertiary/aromatic N) is 1. The Morgan fingerprint density at radius 3 is 2.64 bits per heavy atom. The fourth-order valence-corrected chi connectivity index (χ4v) is 1.14. The lowest BCUT2D eigenvalue weighted by molar-refractivity contribution is -0.883. The van der Waals surface area contributed by atoms with E-state index in [1.165, 1.54) is 0 Å². The molecule has 0 saturated carbocycles. The standard InChI is InChI=1S/C8H15NOS/c1-4-6-9(2,3)7-5-8-11-10/h1H,5-8H2,2-3H3/p+1. The largest absolute Gasteiger partial charge is 0.330 e. The molecule has 64 valence electrons. The summed E-state index contributed by atoms with van der Waals surface area (Å²) in [6.07, 6.45) is 6.21. The van der Waals surface area contributed by atoms with Crippen molar-refractivity contribution in [1.82, 2.24) is 0 Å². The molecule has 0 aromatic rings. The Morgan fingerprint density at radius 1 is 1.55 bits per heavy atom. The molecule has 1 N–H and O–H groups in total. The molecule has 0 aliphatic carbocycles. The maximum Gasteiger partial charge on any atom is 0.140 e. The van der Waals surface area contributed by atoms with Gasteiger partial charge in [0.1, 0.15) is 6.54 Å². The lowest BCUT2D eigenvalue weighted by atomic mass is 10.4. The monoisotopic (exact) mass is 174 g/mol. The van der Waals surface area contributed by atoms with Crippen LogP contribution in [0.2, 0.25) is 0 Å². The van der Waals surface area contributed by atoms with Crippen molar-refractivity contribution in [3.63, 3.8) is 0 Å². The normalized spacial score (nSPS) is 11.1. The summed E-state index contributed by atoms with van der Waals surface area (Å²) in [5.41, 5.74) is 0. The van der Waals surface area contributed by atoms with Gasteiger partial charge < -0.3 is 9.04 Å². The van der Waals surface area contributed by atoms with Gasteiger partial charge in [0.25, 0.3) is 0 Å². The zero-order chi connectivity index (χ0) is 8.74. The quantitative estimate of drug-likeness (QED) is 0.293. The number of rotatable bonds is 5. The van der Waals surface area contributed by atoms with Crippen LogP contribution < -0.4 is 0 Å². The molecular weight excluding hydrogens is 158 g/mol. The van der Waals surface area contributed by atoms with E-state index in [9.17, 15) is 0 Å². The van der Waals surface area contributed by atoms with Crippen molar-refractivity contribution in [2.75, 3.05) is 32.9 Å². The Balaban J connectivity index is 3.48. The molecule has 0 bridgehead atoms. The Hall–Kier alpha value is -0.170. The lowest BCUT2D eigenvalue weighted by Gasteiger charge is -2.26. The first-order chi connectivity index (χ1) is 5.12. The van der Waals surface area contributed by atoms with Gasteiger partial charge in [-0.1, -0.05) is 0 Å². The molecule has 0 radical (unpaired) electrons. The molecule has 0 rings (SSSR count). The van der Waals surface area contributed by atoms with E-state index < -0.39 is 0 Å². The molecule has 0 aliphatic rings. The highest BCUT2D eigenvalue weighted by atomic mass is 32.2. The summed E-state index contributed by atoms with van der Waals surface area (Å²) < 4.78 is 9.31. The average molecular weight is 174 g/mol. The van der Waals surface area contributed by atoms with E-state index in [0.29, 0.717) is 0 Å². The Morgan fingerprint density at radius 2 is 2.18 bits per heavy atom. The van der Waals surface area contributed by atoms with Crippen LogP contribution in [0.3, 0.4) is 0 Å². The second-order valence-corrected chi connectivity index (χ2v) is 3.87. The van der Waals surface area contributed by atoms with E-state index in [4.69, 9.17) is 11.0 Å². The molecular formula is C8H16NOS+. The summed E-state index contributed by atoms with van der Waals surface area (Å²) >= 11 is 0.899. The van der Waals surface area contributed by atoms with E-state index in [1.807, 2.05) is 0 Å². The van der Waals surface area contributed by atoms with E-state index in [0.717, 1.165) is 41.8 Å². The first-order valence-electron chi connectivity index (χ1n) is 3.64. The van der Waals surface area contributed by atoms with Crippen LogP contribution in [0.25, 0.3) is 0 Å². The maximum atomic E-state index is 8.46. The van der Waals surface area contributed by atoms with Crippen LogP contribution in [0.4, 0.5) is 0 Å². The van der Waals surface area contributed by atoms with Crippen molar-refractivity contribution in [3.05, 3.63) is 0 Å². The van der Waals surface area contributed by atoms with Crippen molar-refractivity contribution in [3.8, 4) is 12.3 Å². The van der Waals surface area contributed by atoms with E-state index in [1.54, 1.807) is 0 Å². The SMILES string of the molecule is C#CC[N+](C)(C)CCCSO. The zero-order valence-corrected chi connectivity index (χ0v) is 8.02. The van der Waals surface area contributed by atoms with Crippen LogP contribution in [-0.4, -0.2) is 42.0 Å². The third kappa shape index (κ3) is 6.24. The molecule has 0 unspecified atom stereocenters. The maximum absolute atomic E-state index is 8.46. The fourth-order valence-electron chi connectivity index (χ4n) is 0.883. The van der Waals surface area contributed by atoms with E-state index >= 15 is 0 Å². The van der Waals surface area contributed by atoms with Crippen molar-refractivity contribution >= 4 is 12.0 Å². The van der Waals surface area contributed by atoms with Crippen molar-refractivity contribution in [2.45, 2.75) is 6.42 Å². The molecule has 0 aromatic carbocycles. The summed E-state index contributed by atoms with van der Waals surface area (Å²) in [6.45, 7) is 1.79. The van der Waals surface area contributed by atoms with Crippen molar-refractivity contribution in [1.29, 1.82) is 0 Å². The molecule has 0 amide bonds. The molecule has 0 heterocycles. The lowest BCUT2D eigenvalue weighted by Crippen LogP contribution is -2.40. The molecule has 0 aliphatic heterocycles. The van der Waals surface area contributed by atoms with Gasteiger partial charge >= 0.3 is 0 Å². The van der Waals surface area contributed by atoms with Crippen LogP contribution in [0.5, 0.6) is 0 Å². The molecule has 0 spiro atoms. The van der Waals surface area contributed by atoms with Crippen LogP contribution in [0.15, 0.2) is 0 Å². The molecule has 0 atom stereocenters. The smallest absolute Gasteiger partial charge is 0.140 e. The van der Waals surface area contributed by atoms with Crippen LogP contribution in [0, 0.1) is 12.3 Å². The second kappa shape index (κ2) is 5.48. The Kier molecular flexibility index (Phi) is 5.39. The summed E-state index contributed by atoms with van der Waals surface area (Å²) in [6, 6.07) is 0. The molecule has 0 saturated heterocycles. The number of hydrogen-bond acceptors (Lipinski definition) is 2. The van der Waals surface area contributed by atoms with Gasteiger partial charge in [0.05, 0.1) is 20.6 Å². The molecule has 3 heteroatoms. The first-order valence-corrected chi connectivity index (χ1v) is 4.58. The van der Waals surface area contributed by atoms with Crippen LogP contribution in [-0.2, 0) is 0 Å². The third-order valence-electron chi connectivity index (χ3n) is 1.52. The highest BCUT2D eigenvalue weighted by Gasteiger charge is 2.11.